The highest BCUT2D eigenvalue weighted by Crippen LogP contribution is 2.13. The zero-order valence-corrected chi connectivity index (χ0v) is 7.89. The molecule has 1 saturated heterocycles. The van der Waals surface area contributed by atoms with Gasteiger partial charge in [0, 0.05) is 20.0 Å². The second-order valence-corrected chi connectivity index (χ2v) is 3.05. The van der Waals surface area contributed by atoms with Gasteiger partial charge in [0.15, 0.2) is 0 Å². The van der Waals surface area contributed by atoms with E-state index in [0.29, 0.717) is 19.2 Å². The topological polar surface area (TPSA) is 68.5 Å². The molecule has 0 atom stereocenters. The Morgan fingerprint density at radius 1 is 1.36 bits per heavy atom. The quantitative estimate of drug-likeness (QED) is 0.627. The van der Waals surface area contributed by atoms with Crippen molar-refractivity contribution in [3.63, 3.8) is 0 Å². The van der Waals surface area contributed by atoms with Gasteiger partial charge in [-0.15, -0.1) is 5.10 Å². The minimum Gasteiger partial charge on any atom is -0.400 e. The lowest BCUT2D eigenvalue weighted by molar-refractivity contribution is 0.0979. The van der Waals surface area contributed by atoms with Crippen LogP contribution >= 0.6 is 0 Å². The maximum absolute atomic E-state index is 10.9. The summed E-state index contributed by atoms with van der Waals surface area (Å²) in [5.41, 5.74) is 0. The molecule has 0 aromatic carbocycles. The molecular weight excluding hydrogens is 186 g/mol. The van der Waals surface area contributed by atoms with Crippen molar-refractivity contribution in [2.45, 2.75) is 6.92 Å². The van der Waals surface area contributed by atoms with Crippen LogP contribution in [0.25, 0.3) is 0 Å². The number of rotatable bonds is 2. The van der Waals surface area contributed by atoms with Crippen molar-refractivity contribution in [3.8, 4) is 0 Å². The summed E-state index contributed by atoms with van der Waals surface area (Å²) in [6.07, 6.45) is 0. The van der Waals surface area contributed by atoms with Crippen LogP contribution in [0.2, 0.25) is 0 Å². The molecule has 1 aliphatic heterocycles. The van der Waals surface area contributed by atoms with E-state index in [2.05, 4.69) is 10.2 Å². The highest BCUT2D eigenvalue weighted by atomic mass is 16.5. The van der Waals surface area contributed by atoms with E-state index in [-0.39, 0.29) is 11.7 Å². The lowest BCUT2D eigenvalue weighted by Crippen LogP contribution is -2.36. The molecule has 0 N–H and O–H groups in total. The summed E-state index contributed by atoms with van der Waals surface area (Å²) in [4.78, 5) is 12.8. The van der Waals surface area contributed by atoms with Gasteiger partial charge in [0.2, 0.25) is 5.78 Å². The molecule has 1 aliphatic rings. The average Bonchev–Trinajstić information content (AvgIpc) is 2.68. The fourth-order valence-electron chi connectivity index (χ4n) is 1.24. The lowest BCUT2D eigenvalue weighted by atomic mass is 10.4. The summed E-state index contributed by atoms with van der Waals surface area (Å²) in [6, 6.07) is 0.401. The van der Waals surface area contributed by atoms with E-state index in [4.69, 9.17) is 9.15 Å². The third-order valence-electron chi connectivity index (χ3n) is 2.00. The average molecular weight is 197 g/mol. The first kappa shape index (κ1) is 9.14. The van der Waals surface area contributed by atoms with Gasteiger partial charge in [-0.2, -0.15) is 0 Å². The number of ketones is 1. The van der Waals surface area contributed by atoms with Crippen molar-refractivity contribution >= 4 is 11.8 Å². The molecule has 0 amide bonds. The summed E-state index contributed by atoms with van der Waals surface area (Å²) in [5, 5.41) is 7.44. The number of carbonyl (C=O) groups is 1. The first-order valence-electron chi connectivity index (χ1n) is 4.44. The predicted molar refractivity (Wildman–Crippen MR) is 47.3 cm³/mol. The van der Waals surface area contributed by atoms with Crippen LogP contribution < -0.4 is 4.90 Å². The molecule has 0 spiro atoms. The van der Waals surface area contributed by atoms with Gasteiger partial charge in [0.25, 0.3) is 5.89 Å². The number of aromatic nitrogens is 2. The molecule has 1 aromatic heterocycles. The standard InChI is InChI=1S/C8H11N3O3/c1-6(12)7-9-10-8(14-7)11-2-4-13-5-3-11/h2-5H2,1H3. The summed E-state index contributed by atoms with van der Waals surface area (Å²) < 4.78 is 10.4. The van der Waals surface area contributed by atoms with Gasteiger partial charge in [-0.3, -0.25) is 4.79 Å². The SMILES string of the molecule is CC(=O)c1nnc(N2CCOCC2)o1. The molecule has 1 aromatic rings. The zero-order valence-electron chi connectivity index (χ0n) is 7.89. The van der Waals surface area contributed by atoms with Crippen molar-refractivity contribution in [2.24, 2.45) is 0 Å². The molecular formula is C8H11N3O3. The summed E-state index contributed by atoms with van der Waals surface area (Å²) in [5.74, 6) is -0.150. The van der Waals surface area contributed by atoms with Crippen LogP contribution in [0.5, 0.6) is 0 Å². The number of hydrogen-bond donors (Lipinski definition) is 0. The third-order valence-corrected chi connectivity index (χ3v) is 2.00. The second kappa shape index (κ2) is 3.75. The Labute approximate surface area is 80.9 Å². The van der Waals surface area contributed by atoms with Crippen LogP contribution in [0.4, 0.5) is 6.01 Å². The van der Waals surface area contributed by atoms with Gasteiger partial charge in [-0.1, -0.05) is 5.10 Å². The maximum atomic E-state index is 10.9. The number of anilines is 1. The summed E-state index contributed by atoms with van der Waals surface area (Å²) >= 11 is 0. The Kier molecular flexibility index (Phi) is 2.45. The van der Waals surface area contributed by atoms with Crippen molar-refractivity contribution in [1.29, 1.82) is 0 Å². The van der Waals surface area contributed by atoms with Crippen molar-refractivity contribution in [2.75, 3.05) is 31.2 Å². The van der Waals surface area contributed by atoms with Gasteiger partial charge >= 0.3 is 6.01 Å². The molecule has 2 heterocycles. The Bertz CT molecular complexity index is 330. The minimum absolute atomic E-state index is 0.0616. The molecule has 2 rings (SSSR count). The Balaban J connectivity index is 2.11. The molecule has 6 nitrogen and oxygen atoms in total. The van der Waals surface area contributed by atoms with Gasteiger partial charge in [0.1, 0.15) is 0 Å². The monoisotopic (exact) mass is 197 g/mol. The smallest absolute Gasteiger partial charge is 0.318 e. The van der Waals surface area contributed by atoms with Crippen molar-refractivity contribution in [1.82, 2.24) is 10.2 Å². The van der Waals surface area contributed by atoms with Crippen LogP contribution in [0.15, 0.2) is 4.42 Å². The van der Waals surface area contributed by atoms with Crippen LogP contribution in [-0.4, -0.2) is 42.3 Å². The maximum Gasteiger partial charge on any atom is 0.318 e. The highest BCUT2D eigenvalue weighted by molar-refractivity contribution is 5.89. The highest BCUT2D eigenvalue weighted by Gasteiger charge is 2.18. The van der Waals surface area contributed by atoms with Crippen molar-refractivity contribution < 1.29 is 13.9 Å². The van der Waals surface area contributed by atoms with Crippen molar-refractivity contribution in [3.05, 3.63) is 5.89 Å². The van der Waals surface area contributed by atoms with E-state index in [1.807, 2.05) is 4.90 Å². The molecule has 0 radical (unpaired) electrons. The number of Topliss-reactive ketones (excluding diaryl/α,β-unsaturated/α-hetero) is 1. The predicted octanol–water partition coefficient (Wildman–Crippen LogP) is 0.109. The Hall–Kier alpha value is -1.43. The van der Waals surface area contributed by atoms with Gasteiger partial charge in [-0.25, -0.2) is 0 Å². The Morgan fingerprint density at radius 2 is 2.07 bits per heavy atom. The van der Waals surface area contributed by atoms with Crippen LogP contribution in [-0.2, 0) is 4.74 Å². The molecule has 0 saturated carbocycles. The lowest BCUT2D eigenvalue weighted by Gasteiger charge is -2.24. The summed E-state index contributed by atoms with van der Waals surface area (Å²) in [6.45, 7) is 4.14. The molecule has 6 heteroatoms. The molecule has 0 bridgehead atoms. The minimum atomic E-state index is -0.211. The third kappa shape index (κ3) is 1.74. The van der Waals surface area contributed by atoms with Gasteiger partial charge in [-0.05, 0) is 0 Å². The molecule has 1 fully saturated rings. The van der Waals surface area contributed by atoms with E-state index in [1.54, 1.807) is 0 Å². The molecule has 0 unspecified atom stereocenters. The molecule has 76 valence electrons. The molecule has 14 heavy (non-hydrogen) atoms. The van der Waals surface area contributed by atoms with Crippen LogP contribution in [0.1, 0.15) is 17.6 Å². The largest absolute Gasteiger partial charge is 0.400 e. The van der Waals surface area contributed by atoms with E-state index in [0.717, 1.165) is 13.1 Å². The van der Waals surface area contributed by atoms with E-state index >= 15 is 0 Å². The number of morpholine rings is 1. The fourth-order valence-corrected chi connectivity index (χ4v) is 1.24. The first-order valence-corrected chi connectivity index (χ1v) is 4.44. The number of carbonyl (C=O) groups excluding carboxylic acids is 1. The van der Waals surface area contributed by atoms with E-state index in [9.17, 15) is 4.79 Å². The van der Waals surface area contributed by atoms with Crippen LogP contribution in [0, 0.1) is 0 Å². The summed E-state index contributed by atoms with van der Waals surface area (Å²) in [7, 11) is 0. The number of nitrogens with zero attached hydrogens (tertiary/aromatic N) is 3. The molecule has 0 aliphatic carbocycles. The number of ether oxygens (including phenoxy) is 1. The van der Waals surface area contributed by atoms with Gasteiger partial charge in [0.05, 0.1) is 13.2 Å². The Morgan fingerprint density at radius 3 is 2.64 bits per heavy atom. The van der Waals surface area contributed by atoms with E-state index < -0.39 is 0 Å². The van der Waals surface area contributed by atoms with Crippen LogP contribution in [0.3, 0.4) is 0 Å². The fraction of sp³-hybridized carbons (Fsp3) is 0.625. The second-order valence-electron chi connectivity index (χ2n) is 3.05. The zero-order chi connectivity index (χ0) is 9.97. The van der Waals surface area contributed by atoms with Gasteiger partial charge < -0.3 is 14.1 Å². The normalized spacial score (nSPS) is 17.1. The number of hydrogen-bond acceptors (Lipinski definition) is 6. The first-order chi connectivity index (χ1) is 6.77. The van der Waals surface area contributed by atoms with E-state index in [1.165, 1.54) is 6.92 Å².